The molecule has 112 valence electrons. The van der Waals surface area contributed by atoms with Gasteiger partial charge in [-0.1, -0.05) is 0 Å². The van der Waals surface area contributed by atoms with E-state index in [2.05, 4.69) is 19.7 Å². The number of aliphatic hydroxyl groups excluding tert-OH is 1. The van der Waals surface area contributed by atoms with Crippen LogP contribution in [0.3, 0.4) is 0 Å². The van der Waals surface area contributed by atoms with Crippen LogP contribution in [0.5, 0.6) is 0 Å². The van der Waals surface area contributed by atoms with Crippen molar-refractivity contribution in [3.8, 4) is 0 Å². The fourth-order valence-electron chi connectivity index (χ4n) is 2.27. The number of carbonyl (C=O) groups is 1. The molecule has 1 saturated heterocycles. The standard InChI is InChI=1S/C11H13N5O5/c12-9-8-10(14-3-13-9)16(4-15-8)7-1-5(17)6(21-7)2-20-11(18)19/h3-7,17H,1-2H2,(H,18,19)(H2,12,13,14)/t5-,6+,7+/m0/s1. The zero-order chi connectivity index (χ0) is 15.0. The summed E-state index contributed by atoms with van der Waals surface area (Å²) in [7, 11) is 0. The van der Waals surface area contributed by atoms with E-state index < -0.39 is 24.6 Å². The van der Waals surface area contributed by atoms with Crippen LogP contribution in [-0.4, -0.2) is 54.7 Å². The van der Waals surface area contributed by atoms with Gasteiger partial charge in [0, 0.05) is 6.42 Å². The number of nitrogens with two attached hydrogens (primary N) is 1. The highest BCUT2D eigenvalue weighted by Crippen LogP contribution is 2.31. The van der Waals surface area contributed by atoms with E-state index in [1.54, 1.807) is 4.57 Å². The summed E-state index contributed by atoms with van der Waals surface area (Å²) in [5, 5.41) is 18.4. The van der Waals surface area contributed by atoms with Crippen molar-refractivity contribution in [2.45, 2.75) is 24.9 Å². The van der Waals surface area contributed by atoms with Gasteiger partial charge >= 0.3 is 6.16 Å². The van der Waals surface area contributed by atoms with E-state index in [0.717, 1.165) is 0 Å². The Morgan fingerprint density at radius 1 is 1.52 bits per heavy atom. The summed E-state index contributed by atoms with van der Waals surface area (Å²) in [6, 6.07) is 0. The van der Waals surface area contributed by atoms with Gasteiger partial charge in [-0.2, -0.15) is 0 Å². The molecule has 0 amide bonds. The molecule has 0 spiro atoms. The predicted molar refractivity (Wildman–Crippen MR) is 68.2 cm³/mol. The van der Waals surface area contributed by atoms with Crippen molar-refractivity contribution in [2.75, 3.05) is 12.3 Å². The molecule has 0 bridgehead atoms. The molecule has 1 aliphatic heterocycles. The number of rotatable bonds is 3. The van der Waals surface area contributed by atoms with Crippen LogP contribution in [0, 0.1) is 0 Å². The lowest BCUT2D eigenvalue weighted by Gasteiger charge is -2.14. The largest absolute Gasteiger partial charge is 0.505 e. The molecule has 10 heteroatoms. The maximum atomic E-state index is 10.4. The van der Waals surface area contributed by atoms with E-state index >= 15 is 0 Å². The van der Waals surface area contributed by atoms with Crippen molar-refractivity contribution in [2.24, 2.45) is 0 Å². The van der Waals surface area contributed by atoms with Crippen LogP contribution in [0.4, 0.5) is 10.6 Å². The molecule has 3 rings (SSSR count). The Balaban J connectivity index is 1.81. The van der Waals surface area contributed by atoms with E-state index in [9.17, 15) is 9.90 Å². The van der Waals surface area contributed by atoms with Crippen LogP contribution in [0.15, 0.2) is 12.7 Å². The third-order valence-electron chi connectivity index (χ3n) is 3.27. The lowest BCUT2D eigenvalue weighted by atomic mass is 10.2. The maximum Gasteiger partial charge on any atom is 0.505 e. The zero-order valence-corrected chi connectivity index (χ0v) is 10.8. The first-order chi connectivity index (χ1) is 10.1. The van der Waals surface area contributed by atoms with Crippen LogP contribution >= 0.6 is 0 Å². The van der Waals surface area contributed by atoms with Gasteiger partial charge in [0.2, 0.25) is 0 Å². The molecule has 0 aromatic carbocycles. The Hall–Kier alpha value is -2.46. The Kier molecular flexibility index (Phi) is 3.31. The van der Waals surface area contributed by atoms with Crippen LogP contribution < -0.4 is 5.73 Å². The molecule has 1 aliphatic rings. The van der Waals surface area contributed by atoms with Crippen LogP contribution in [0.25, 0.3) is 11.2 Å². The minimum Gasteiger partial charge on any atom is -0.450 e. The molecule has 0 radical (unpaired) electrons. The normalized spacial score (nSPS) is 25.3. The molecule has 0 unspecified atom stereocenters. The van der Waals surface area contributed by atoms with Gasteiger partial charge in [-0.25, -0.2) is 19.7 Å². The summed E-state index contributed by atoms with van der Waals surface area (Å²) in [6.07, 6.45) is -0.443. The van der Waals surface area contributed by atoms with Crippen molar-refractivity contribution in [3.05, 3.63) is 12.7 Å². The van der Waals surface area contributed by atoms with Gasteiger partial charge in [0.05, 0.1) is 12.4 Å². The topological polar surface area (TPSA) is 146 Å². The molecule has 0 aliphatic carbocycles. The first-order valence-corrected chi connectivity index (χ1v) is 6.18. The van der Waals surface area contributed by atoms with E-state index in [1.165, 1.54) is 12.7 Å². The summed E-state index contributed by atoms with van der Waals surface area (Å²) in [5.41, 5.74) is 6.63. The summed E-state index contributed by atoms with van der Waals surface area (Å²) in [5.74, 6) is 0.253. The van der Waals surface area contributed by atoms with Crippen molar-refractivity contribution in [3.63, 3.8) is 0 Å². The predicted octanol–water partition coefficient (Wildman–Crippen LogP) is -0.249. The van der Waals surface area contributed by atoms with Gasteiger partial charge in [-0.3, -0.25) is 4.57 Å². The lowest BCUT2D eigenvalue weighted by Crippen LogP contribution is -2.27. The number of ether oxygens (including phenoxy) is 2. The quantitative estimate of drug-likeness (QED) is 0.652. The second kappa shape index (κ2) is 5.14. The molecule has 2 aromatic heterocycles. The molecule has 3 heterocycles. The van der Waals surface area contributed by atoms with Gasteiger partial charge in [-0.05, 0) is 0 Å². The Morgan fingerprint density at radius 3 is 3.10 bits per heavy atom. The number of carboxylic acid groups (broad SMARTS) is 1. The number of nitrogen functional groups attached to an aromatic ring is 1. The van der Waals surface area contributed by atoms with Crippen molar-refractivity contribution < 1.29 is 24.5 Å². The fraction of sp³-hybridized carbons (Fsp3) is 0.455. The lowest BCUT2D eigenvalue weighted by molar-refractivity contribution is -0.0525. The first kappa shape index (κ1) is 13.5. The van der Waals surface area contributed by atoms with Crippen molar-refractivity contribution >= 4 is 23.1 Å². The SMILES string of the molecule is Nc1ncnc2c1ncn2[C@H]1C[C@H](O)[C@@H](COC(=O)O)O1. The van der Waals surface area contributed by atoms with Crippen LogP contribution in [-0.2, 0) is 9.47 Å². The molecular weight excluding hydrogens is 282 g/mol. The molecule has 4 N–H and O–H groups in total. The maximum absolute atomic E-state index is 10.4. The summed E-state index contributed by atoms with van der Waals surface area (Å²) >= 11 is 0. The van der Waals surface area contributed by atoms with Gasteiger partial charge in [0.15, 0.2) is 11.5 Å². The number of aliphatic hydroxyl groups is 1. The average Bonchev–Trinajstić information content (AvgIpc) is 3.01. The van der Waals surface area contributed by atoms with Crippen molar-refractivity contribution in [1.82, 2.24) is 19.5 Å². The van der Waals surface area contributed by atoms with Crippen molar-refractivity contribution in [1.29, 1.82) is 0 Å². The molecule has 10 nitrogen and oxygen atoms in total. The molecule has 0 saturated carbocycles. The second-order valence-corrected chi connectivity index (χ2v) is 4.59. The highest BCUT2D eigenvalue weighted by atomic mass is 16.7. The Bertz CT molecular complexity index is 674. The number of hydrogen-bond acceptors (Lipinski definition) is 8. The molecule has 21 heavy (non-hydrogen) atoms. The van der Waals surface area contributed by atoms with Gasteiger partial charge in [0.1, 0.15) is 30.8 Å². The number of aromatic nitrogens is 4. The second-order valence-electron chi connectivity index (χ2n) is 4.59. The highest BCUT2D eigenvalue weighted by Gasteiger charge is 2.36. The average molecular weight is 295 g/mol. The van der Waals surface area contributed by atoms with E-state index in [0.29, 0.717) is 11.2 Å². The summed E-state index contributed by atoms with van der Waals surface area (Å²) in [6.45, 7) is -0.239. The zero-order valence-electron chi connectivity index (χ0n) is 10.8. The smallest absolute Gasteiger partial charge is 0.450 e. The molecule has 2 aromatic rings. The van der Waals surface area contributed by atoms with Crippen LogP contribution in [0.1, 0.15) is 12.6 Å². The molecular formula is C11H13N5O5. The third-order valence-corrected chi connectivity index (χ3v) is 3.27. The highest BCUT2D eigenvalue weighted by molar-refractivity contribution is 5.81. The molecule has 3 atom stereocenters. The molecule has 1 fully saturated rings. The van der Waals surface area contributed by atoms with E-state index in [-0.39, 0.29) is 18.8 Å². The number of nitrogens with zero attached hydrogens (tertiary/aromatic N) is 4. The number of imidazole rings is 1. The van der Waals surface area contributed by atoms with Gasteiger partial charge in [-0.15, -0.1) is 0 Å². The number of hydrogen-bond donors (Lipinski definition) is 3. The first-order valence-electron chi connectivity index (χ1n) is 6.18. The number of fused-ring (bicyclic) bond motifs is 1. The van der Waals surface area contributed by atoms with E-state index in [4.69, 9.17) is 15.6 Å². The summed E-state index contributed by atoms with van der Waals surface area (Å²) in [4.78, 5) is 22.4. The van der Waals surface area contributed by atoms with E-state index in [1.807, 2.05) is 0 Å². The minimum absolute atomic E-state index is 0.239. The Morgan fingerprint density at radius 2 is 2.33 bits per heavy atom. The minimum atomic E-state index is -1.41. The van der Waals surface area contributed by atoms with Gasteiger partial charge < -0.3 is 25.4 Å². The number of anilines is 1. The fourth-order valence-corrected chi connectivity index (χ4v) is 2.27. The Labute approximate surface area is 118 Å². The third kappa shape index (κ3) is 2.45. The summed E-state index contributed by atoms with van der Waals surface area (Å²) < 4.78 is 11.7. The van der Waals surface area contributed by atoms with Crippen LogP contribution in [0.2, 0.25) is 0 Å². The van der Waals surface area contributed by atoms with Gasteiger partial charge in [0.25, 0.3) is 0 Å². The monoisotopic (exact) mass is 295 g/mol.